The Morgan fingerprint density at radius 3 is 2.77 bits per heavy atom. The summed E-state index contributed by atoms with van der Waals surface area (Å²) in [4.78, 5) is 38.6. The first-order valence-corrected chi connectivity index (χ1v) is 11.6. The predicted molar refractivity (Wildman–Crippen MR) is 130 cm³/mol. The van der Waals surface area contributed by atoms with Crippen LogP contribution in [0.3, 0.4) is 0 Å². The lowest BCUT2D eigenvalue weighted by Gasteiger charge is -2.31. The zero-order chi connectivity index (χ0) is 25.5. The summed E-state index contributed by atoms with van der Waals surface area (Å²) in [6, 6.07) is 11.8. The lowest BCUT2D eigenvalue weighted by molar-refractivity contribution is -0.384. The van der Waals surface area contributed by atoms with Crippen LogP contribution in [0.1, 0.15) is 36.6 Å². The second kappa shape index (κ2) is 11.3. The number of hydrogen-bond donors (Lipinski definition) is 2. The Labute approximate surface area is 206 Å². The number of dihydropyridines is 1. The molecular formula is C24H23N5O5S. The number of allylic oxidation sites excluding steroid dienone is 3. The molecule has 1 unspecified atom stereocenters. The van der Waals surface area contributed by atoms with Crippen molar-refractivity contribution < 1.29 is 19.2 Å². The third kappa shape index (κ3) is 6.04. The highest BCUT2D eigenvalue weighted by atomic mass is 32.2. The number of rotatable bonds is 9. The number of amides is 1. The lowest BCUT2D eigenvalue weighted by atomic mass is 9.79. The molecule has 0 spiro atoms. The van der Waals surface area contributed by atoms with Crippen LogP contribution in [0.4, 0.5) is 5.69 Å². The molecule has 0 saturated heterocycles. The van der Waals surface area contributed by atoms with Gasteiger partial charge < -0.3 is 15.8 Å². The number of pyridine rings is 1. The van der Waals surface area contributed by atoms with Gasteiger partial charge in [-0.3, -0.25) is 24.7 Å². The van der Waals surface area contributed by atoms with Gasteiger partial charge in [-0.2, -0.15) is 5.26 Å². The number of carbonyl (C=O) groups excluding carboxylic acids is 2. The van der Waals surface area contributed by atoms with Gasteiger partial charge in [0.25, 0.3) is 5.69 Å². The van der Waals surface area contributed by atoms with Gasteiger partial charge in [0, 0.05) is 29.9 Å². The summed E-state index contributed by atoms with van der Waals surface area (Å²) in [5.74, 6) is -1.67. The number of nitrogens with zero attached hydrogens (tertiary/aromatic N) is 3. The summed E-state index contributed by atoms with van der Waals surface area (Å²) >= 11 is 1.09. The van der Waals surface area contributed by atoms with Crippen LogP contribution in [-0.2, 0) is 20.7 Å². The van der Waals surface area contributed by atoms with Gasteiger partial charge in [0.15, 0.2) is 0 Å². The number of ether oxygens (including phenoxy) is 1. The second-order valence-electron chi connectivity index (χ2n) is 7.58. The molecule has 0 aliphatic carbocycles. The number of benzene rings is 1. The minimum atomic E-state index is -0.672. The summed E-state index contributed by atoms with van der Waals surface area (Å²) in [5, 5.41) is 25.2. The van der Waals surface area contributed by atoms with Crippen LogP contribution in [0, 0.1) is 21.4 Å². The molecule has 1 aromatic heterocycles. The zero-order valence-corrected chi connectivity index (χ0v) is 19.9. The van der Waals surface area contributed by atoms with E-state index in [1.165, 1.54) is 12.1 Å². The number of aromatic nitrogens is 1. The highest BCUT2D eigenvalue weighted by Gasteiger charge is 2.33. The van der Waals surface area contributed by atoms with Gasteiger partial charge in [-0.25, -0.2) is 0 Å². The number of non-ortho nitro benzene ring substituents is 1. The molecule has 0 fully saturated rings. The molecule has 1 amide bonds. The number of nitro groups is 1. The Balaban J connectivity index is 2.16. The average Bonchev–Trinajstić information content (AvgIpc) is 2.82. The first-order chi connectivity index (χ1) is 16.7. The van der Waals surface area contributed by atoms with E-state index in [0.29, 0.717) is 38.7 Å². The van der Waals surface area contributed by atoms with E-state index in [2.05, 4.69) is 16.4 Å². The third-order valence-corrected chi connectivity index (χ3v) is 6.22. The quantitative estimate of drug-likeness (QED) is 0.303. The maximum absolute atomic E-state index is 12.0. The van der Waals surface area contributed by atoms with E-state index in [1.54, 1.807) is 37.4 Å². The smallest absolute Gasteiger partial charge is 0.311 e. The predicted octanol–water partition coefficient (Wildman–Crippen LogP) is 3.17. The first-order valence-electron chi connectivity index (χ1n) is 10.6. The maximum Gasteiger partial charge on any atom is 0.311 e. The minimum absolute atomic E-state index is 0.0242. The molecule has 1 aliphatic heterocycles. The van der Waals surface area contributed by atoms with Crippen molar-refractivity contribution in [3.8, 4) is 6.07 Å². The van der Waals surface area contributed by atoms with Crippen molar-refractivity contribution in [3.05, 3.63) is 85.8 Å². The van der Waals surface area contributed by atoms with Gasteiger partial charge in [-0.15, -0.1) is 0 Å². The van der Waals surface area contributed by atoms with Crippen molar-refractivity contribution in [2.24, 2.45) is 5.73 Å². The van der Waals surface area contributed by atoms with Crippen LogP contribution in [0.25, 0.3) is 5.57 Å². The summed E-state index contributed by atoms with van der Waals surface area (Å²) in [6.45, 7) is 3.78. The molecule has 1 aliphatic rings. The Hall–Kier alpha value is -4.17. The molecule has 2 heterocycles. The Morgan fingerprint density at radius 2 is 2.11 bits per heavy atom. The van der Waals surface area contributed by atoms with Crippen molar-refractivity contribution in [1.29, 1.82) is 5.26 Å². The molecule has 11 heteroatoms. The molecule has 2 aromatic rings. The van der Waals surface area contributed by atoms with Gasteiger partial charge in [-0.1, -0.05) is 23.9 Å². The topological polar surface area (TPSA) is 161 Å². The number of nitrogens with one attached hydrogen (secondary N) is 1. The number of carbonyl (C=O) groups is 2. The van der Waals surface area contributed by atoms with Gasteiger partial charge in [0.1, 0.15) is 0 Å². The Bertz CT molecular complexity index is 1280. The number of primary amides is 1. The van der Waals surface area contributed by atoms with E-state index in [-0.39, 0.29) is 24.5 Å². The van der Waals surface area contributed by atoms with Gasteiger partial charge in [0.2, 0.25) is 5.91 Å². The standard InChI is InChI=1S/C24H23N5O5S/c1-3-34-21(31)11-17-9-16(7-8-27-17)22-14(2)28-24(35-13-20(26)30)19(12-25)23(22)15-5-4-6-18(10-15)29(32)33/h4-10,23,28H,3,11,13H2,1-2H3,(H2,26,30). The first kappa shape index (κ1) is 25.5. The average molecular weight is 494 g/mol. The second-order valence-corrected chi connectivity index (χ2v) is 8.56. The fraction of sp³-hybridized carbons (Fsp3) is 0.250. The van der Waals surface area contributed by atoms with E-state index in [4.69, 9.17) is 10.5 Å². The van der Waals surface area contributed by atoms with Crippen LogP contribution in [-0.4, -0.2) is 34.1 Å². The lowest BCUT2D eigenvalue weighted by Crippen LogP contribution is -2.25. The van der Waals surface area contributed by atoms with Crippen molar-refractivity contribution in [1.82, 2.24) is 10.3 Å². The number of esters is 1. The van der Waals surface area contributed by atoms with Crippen molar-refractivity contribution in [3.63, 3.8) is 0 Å². The molecule has 1 aromatic carbocycles. The maximum atomic E-state index is 12.0. The largest absolute Gasteiger partial charge is 0.466 e. The monoisotopic (exact) mass is 493 g/mol. The van der Waals surface area contributed by atoms with Gasteiger partial charge in [-0.05, 0) is 42.7 Å². The number of thioether (sulfide) groups is 1. The molecule has 0 bridgehead atoms. The van der Waals surface area contributed by atoms with E-state index in [0.717, 1.165) is 11.8 Å². The SMILES string of the molecule is CCOC(=O)Cc1cc(C2=C(C)NC(SCC(N)=O)=C(C#N)C2c2cccc([N+](=O)[O-])c2)ccn1. The van der Waals surface area contributed by atoms with Crippen LogP contribution in [0.15, 0.2) is 58.9 Å². The normalized spacial score (nSPS) is 15.3. The van der Waals surface area contributed by atoms with Crippen molar-refractivity contribution >= 4 is 34.9 Å². The van der Waals surface area contributed by atoms with Crippen molar-refractivity contribution in [2.75, 3.05) is 12.4 Å². The summed E-state index contributed by atoms with van der Waals surface area (Å²) < 4.78 is 5.01. The van der Waals surface area contributed by atoms with Crippen LogP contribution < -0.4 is 11.1 Å². The number of hydrogen-bond acceptors (Lipinski definition) is 9. The molecule has 180 valence electrons. The van der Waals surface area contributed by atoms with Crippen LogP contribution in [0.5, 0.6) is 0 Å². The molecule has 35 heavy (non-hydrogen) atoms. The molecule has 1 atom stereocenters. The van der Waals surface area contributed by atoms with E-state index in [9.17, 15) is 25.0 Å². The van der Waals surface area contributed by atoms with Crippen LogP contribution >= 0.6 is 11.8 Å². The minimum Gasteiger partial charge on any atom is -0.466 e. The highest BCUT2D eigenvalue weighted by Crippen LogP contribution is 2.45. The van der Waals surface area contributed by atoms with E-state index in [1.807, 2.05) is 6.92 Å². The highest BCUT2D eigenvalue weighted by molar-refractivity contribution is 8.03. The Kier molecular flexibility index (Phi) is 8.22. The van der Waals surface area contributed by atoms with E-state index >= 15 is 0 Å². The van der Waals surface area contributed by atoms with Crippen molar-refractivity contribution in [2.45, 2.75) is 26.2 Å². The summed E-state index contributed by atoms with van der Waals surface area (Å²) in [7, 11) is 0. The molecule has 0 saturated carbocycles. The molecule has 3 N–H and O–H groups in total. The Morgan fingerprint density at radius 1 is 1.34 bits per heavy atom. The molecule has 3 rings (SSSR count). The fourth-order valence-electron chi connectivity index (χ4n) is 3.81. The van der Waals surface area contributed by atoms with Gasteiger partial charge in [0.05, 0.1) is 46.1 Å². The molecule has 0 radical (unpaired) electrons. The van der Waals surface area contributed by atoms with E-state index < -0.39 is 22.7 Å². The number of nitro benzene ring substituents is 1. The molecule has 10 nitrogen and oxygen atoms in total. The summed E-state index contributed by atoms with van der Waals surface area (Å²) in [5.41, 5.74) is 8.56. The molecular weight excluding hydrogens is 470 g/mol. The summed E-state index contributed by atoms with van der Waals surface area (Å²) in [6.07, 6.45) is 1.53. The number of nitriles is 1. The third-order valence-electron chi connectivity index (χ3n) is 5.18. The van der Waals surface area contributed by atoms with Gasteiger partial charge >= 0.3 is 5.97 Å². The van der Waals surface area contributed by atoms with Crippen LogP contribution in [0.2, 0.25) is 0 Å². The zero-order valence-electron chi connectivity index (χ0n) is 19.1. The fourth-order valence-corrected chi connectivity index (χ4v) is 4.64. The number of nitrogens with two attached hydrogens (primary N) is 1.